The summed E-state index contributed by atoms with van der Waals surface area (Å²) in [5, 5.41) is 1.03. The molecule has 0 unspecified atom stereocenters. The Hall–Kier alpha value is -0.150. The Kier molecular flexibility index (Phi) is 3.09. The summed E-state index contributed by atoms with van der Waals surface area (Å²) >= 11 is 7.19. The molecule has 1 aromatic heterocycles. The van der Waals surface area contributed by atoms with Crippen LogP contribution in [0.1, 0.15) is 0 Å². The van der Waals surface area contributed by atoms with Crippen molar-refractivity contribution >= 4 is 23.4 Å². The summed E-state index contributed by atoms with van der Waals surface area (Å²) in [5.74, 6) is 1.60. The van der Waals surface area contributed by atoms with Crippen LogP contribution in [-0.4, -0.2) is 21.2 Å². The highest BCUT2D eigenvalue weighted by molar-refractivity contribution is 7.99. The molecule has 0 amide bonds. The minimum atomic E-state index is 0.678. The second kappa shape index (κ2) is 3.88. The van der Waals surface area contributed by atoms with E-state index in [9.17, 15) is 0 Å². The molecule has 0 N–H and O–H groups in total. The van der Waals surface area contributed by atoms with E-state index in [1.165, 1.54) is 0 Å². The van der Waals surface area contributed by atoms with Crippen LogP contribution < -0.4 is 0 Å². The van der Waals surface area contributed by atoms with Crippen molar-refractivity contribution in [2.24, 2.45) is 7.05 Å². The summed E-state index contributed by atoms with van der Waals surface area (Å²) in [6.07, 6.45) is 3.72. The van der Waals surface area contributed by atoms with Crippen molar-refractivity contribution < 1.29 is 0 Å². The van der Waals surface area contributed by atoms with Gasteiger partial charge in [0.1, 0.15) is 0 Å². The predicted octanol–water partition coefficient (Wildman–Crippen LogP) is 1.75. The topological polar surface area (TPSA) is 17.8 Å². The number of aryl methyl sites for hydroxylation is 1. The fourth-order valence-electron chi connectivity index (χ4n) is 0.621. The van der Waals surface area contributed by atoms with E-state index in [4.69, 9.17) is 11.6 Å². The number of rotatable bonds is 3. The van der Waals surface area contributed by atoms with Crippen molar-refractivity contribution in [3.63, 3.8) is 0 Å². The Morgan fingerprint density at radius 2 is 2.60 bits per heavy atom. The monoisotopic (exact) mass is 176 g/mol. The first-order valence-electron chi connectivity index (χ1n) is 3.00. The summed E-state index contributed by atoms with van der Waals surface area (Å²) in [7, 11) is 1.98. The maximum Gasteiger partial charge on any atom is 0.167 e. The first-order chi connectivity index (χ1) is 4.84. The summed E-state index contributed by atoms with van der Waals surface area (Å²) in [6.45, 7) is 0. The van der Waals surface area contributed by atoms with Gasteiger partial charge in [-0.1, -0.05) is 11.8 Å². The normalized spacial score (nSPS) is 10.2. The standard InChI is InChI=1S/C6H9ClN2S/c1-9-4-3-8-6(9)10-5-2-7/h3-4H,2,5H2,1H3. The van der Waals surface area contributed by atoms with Gasteiger partial charge in [-0.15, -0.1) is 11.6 Å². The fourth-order valence-corrected chi connectivity index (χ4v) is 1.51. The van der Waals surface area contributed by atoms with E-state index in [0.29, 0.717) is 5.88 Å². The van der Waals surface area contributed by atoms with Crippen LogP contribution in [0.3, 0.4) is 0 Å². The number of aromatic nitrogens is 2. The lowest BCUT2D eigenvalue weighted by Crippen LogP contribution is -1.90. The van der Waals surface area contributed by atoms with Crippen molar-refractivity contribution in [2.75, 3.05) is 11.6 Å². The number of thioether (sulfide) groups is 1. The van der Waals surface area contributed by atoms with Gasteiger partial charge < -0.3 is 4.57 Å². The average molecular weight is 177 g/mol. The van der Waals surface area contributed by atoms with Gasteiger partial charge >= 0.3 is 0 Å². The Morgan fingerprint density at radius 3 is 3.10 bits per heavy atom. The lowest BCUT2D eigenvalue weighted by atomic mass is 10.9. The zero-order chi connectivity index (χ0) is 7.40. The van der Waals surface area contributed by atoms with E-state index in [2.05, 4.69) is 4.98 Å². The molecule has 0 atom stereocenters. The highest BCUT2D eigenvalue weighted by Crippen LogP contribution is 2.13. The molecule has 0 fully saturated rings. The molecule has 0 aromatic carbocycles. The van der Waals surface area contributed by atoms with Gasteiger partial charge in [0.2, 0.25) is 0 Å². The van der Waals surface area contributed by atoms with Gasteiger partial charge in [0.05, 0.1) is 0 Å². The molecule has 1 rings (SSSR count). The zero-order valence-electron chi connectivity index (χ0n) is 5.75. The molecular formula is C6H9ClN2S. The van der Waals surface area contributed by atoms with Crippen LogP contribution in [0, 0.1) is 0 Å². The fraction of sp³-hybridized carbons (Fsp3) is 0.500. The van der Waals surface area contributed by atoms with Gasteiger partial charge in [-0.3, -0.25) is 0 Å². The SMILES string of the molecule is Cn1ccnc1SCCCl. The Bertz CT molecular complexity index is 199. The molecule has 0 saturated carbocycles. The maximum absolute atomic E-state index is 5.51. The summed E-state index contributed by atoms with van der Waals surface area (Å²) in [5.41, 5.74) is 0. The molecule has 0 aliphatic rings. The first kappa shape index (κ1) is 7.95. The highest BCUT2D eigenvalue weighted by Gasteiger charge is 1.96. The van der Waals surface area contributed by atoms with Crippen LogP contribution in [-0.2, 0) is 7.05 Å². The molecule has 10 heavy (non-hydrogen) atoms. The minimum Gasteiger partial charge on any atom is -0.329 e. The van der Waals surface area contributed by atoms with Crippen molar-refractivity contribution in [3.8, 4) is 0 Å². The van der Waals surface area contributed by atoms with Gasteiger partial charge in [0, 0.05) is 31.1 Å². The molecular weight excluding hydrogens is 168 g/mol. The lowest BCUT2D eigenvalue weighted by Gasteiger charge is -1.96. The molecule has 0 radical (unpaired) electrons. The Labute approximate surface area is 69.6 Å². The molecule has 0 saturated heterocycles. The van der Waals surface area contributed by atoms with E-state index < -0.39 is 0 Å². The number of hydrogen-bond donors (Lipinski definition) is 0. The zero-order valence-corrected chi connectivity index (χ0v) is 7.32. The van der Waals surface area contributed by atoms with Crippen LogP contribution in [0.2, 0.25) is 0 Å². The van der Waals surface area contributed by atoms with Crippen molar-refractivity contribution in [3.05, 3.63) is 12.4 Å². The van der Waals surface area contributed by atoms with Gasteiger partial charge in [-0.2, -0.15) is 0 Å². The third-order valence-electron chi connectivity index (χ3n) is 1.09. The third-order valence-corrected chi connectivity index (χ3v) is 2.56. The van der Waals surface area contributed by atoms with E-state index in [1.807, 2.05) is 17.8 Å². The second-order valence-electron chi connectivity index (χ2n) is 1.86. The largest absolute Gasteiger partial charge is 0.329 e. The Balaban J connectivity index is 2.49. The first-order valence-corrected chi connectivity index (χ1v) is 4.52. The highest BCUT2D eigenvalue weighted by atomic mass is 35.5. The van der Waals surface area contributed by atoms with E-state index in [-0.39, 0.29) is 0 Å². The van der Waals surface area contributed by atoms with Crippen LogP contribution in [0.15, 0.2) is 17.6 Å². The molecule has 0 bridgehead atoms. The quantitative estimate of drug-likeness (QED) is 0.516. The summed E-state index contributed by atoms with van der Waals surface area (Å²) in [4.78, 5) is 4.12. The van der Waals surface area contributed by atoms with Crippen molar-refractivity contribution in [1.29, 1.82) is 0 Å². The van der Waals surface area contributed by atoms with Crippen LogP contribution in [0.5, 0.6) is 0 Å². The van der Waals surface area contributed by atoms with Crippen molar-refractivity contribution in [1.82, 2.24) is 9.55 Å². The van der Waals surface area contributed by atoms with E-state index >= 15 is 0 Å². The predicted molar refractivity (Wildman–Crippen MR) is 44.7 cm³/mol. The summed E-state index contributed by atoms with van der Waals surface area (Å²) in [6, 6.07) is 0. The molecule has 0 aliphatic carbocycles. The Morgan fingerprint density at radius 1 is 1.80 bits per heavy atom. The summed E-state index contributed by atoms with van der Waals surface area (Å²) < 4.78 is 1.98. The van der Waals surface area contributed by atoms with Crippen molar-refractivity contribution in [2.45, 2.75) is 5.16 Å². The molecule has 4 heteroatoms. The van der Waals surface area contributed by atoms with E-state index in [1.54, 1.807) is 18.0 Å². The number of nitrogens with zero attached hydrogens (tertiary/aromatic N) is 2. The maximum atomic E-state index is 5.51. The minimum absolute atomic E-state index is 0.678. The lowest BCUT2D eigenvalue weighted by molar-refractivity contribution is 0.790. The number of halogens is 1. The molecule has 2 nitrogen and oxygen atoms in total. The molecule has 0 aliphatic heterocycles. The third kappa shape index (κ3) is 1.92. The average Bonchev–Trinajstić information content (AvgIpc) is 2.31. The number of hydrogen-bond acceptors (Lipinski definition) is 2. The molecule has 1 aromatic rings. The number of alkyl halides is 1. The van der Waals surface area contributed by atoms with Gasteiger partial charge in [-0.05, 0) is 0 Å². The van der Waals surface area contributed by atoms with Gasteiger partial charge in [0.15, 0.2) is 5.16 Å². The van der Waals surface area contributed by atoms with Gasteiger partial charge in [-0.25, -0.2) is 4.98 Å². The van der Waals surface area contributed by atoms with Crippen LogP contribution >= 0.6 is 23.4 Å². The second-order valence-corrected chi connectivity index (χ2v) is 3.30. The van der Waals surface area contributed by atoms with Crippen LogP contribution in [0.25, 0.3) is 0 Å². The van der Waals surface area contributed by atoms with Gasteiger partial charge in [0.25, 0.3) is 0 Å². The molecule has 0 spiro atoms. The smallest absolute Gasteiger partial charge is 0.167 e. The van der Waals surface area contributed by atoms with E-state index in [0.717, 1.165) is 10.9 Å². The van der Waals surface area contributed by atoms with Crippen LogP contribution in [0.4, 0.5) is 0 Å². The number of imidazole rings is 1. The molecule has 56 valence electrons. The molecule has 1 heterocycles.